The number of carboxylic acid groups (broad SMARTS) is 1. The van der Waals surface area contributed by atoms with Crippen molar-refractivity contribution in [1.82, 2.24) is 0 Å². The van der Waals surface area contributed by atoms with Crippen LogP contribution in [0.3, 0.4) is 0 Å². The van der Waals surface area contributed by atoms with Crippen molar-refractivity contribution < 1.29 is 9.90 Å². The lowest BCUT2D eigenvalue weighted by Gasteiger charge is -2.01. The van der Waals surface area contributed by atoms with E-state index in [0.717, 1.165) is 24.6 Å². The maximum absolute atomic E-state index is 10.3. The fourth-order valence-corrected chi connectivity index (χ4v) is 1.23. The molecule has 0 aromatic carbocycles. The van der Waals surface area contributed by atoms with E-state index in [0.29, 0.717) is 6.42 Å². The highest BCUT2D eigenvalue weighted by molar-refractivity contribution is 9.09. The van der Waals surface area contributed by atoms with E-state index in [4.69, 9.17) is 5.11 Å². The molecule has 1 unspecified atom stereocenters. The highest BCUT2D eigenvalue weighted by Crippen LogP contribution is 2.07. The molecule has 0 spiro atoms. The second-order valence-electron chi connectivity index (χ2n) is 2.50. The number of carbonyl (C=O) groups is 1. The van der Waals surface area contributed by atoms with Gasteiger partial charge in [-0.25, -0.2) is 4.79 Å². The Bertz CT molecular complexity index is 152. The molecule has 0 fully saturated rings. The molecule has 0 amide bonds. The first-order valence-corrected chi connectivity index (χ1v) is 4.95. The van der Waals surface area contributed by atoms with Crippen LogP contribution in [-0.2, 0) is 4.79 Å². The molecule has 70 valence electrons. The second kappa shape index (κ2) is 7.21. The Labute approximate surface area is 79.4 Å². The van der Waals surface area contributed by atoms with Gasteiger partial charge in [0.05, 0.1) is 0 Å². The lowest BCUT2D eigenvalue weighted by Crippen LogP contribution is -2.16. The Morgan fingerprint density at radius 1 is 1.42 bits per heavy atom. The van der Waals surface area contributed by atoms with Crippen LogP contribution in [0, 0.1) is 4.91 Å². The van der Waals surface area contributed by atoms with Crippen molar-refractivity contribution >= 4 is 21.9 Å². The molecule has 0 aliphatic heterocycles. The Balaban J connectivity index is 3.45. The van der Waals surface area contributed by atoms with Gasteiger partial charge < -0.3 is 5.11 Å². The number of hydrogen-bond acceptors (Lipinski definition) is 3. The monoisotopic (exact) mass is 237 g/mol. The molecule has 1 N–H and O–H groups in total. The van der Waals surface area contributed by atoms with Crippen LogP contribution in [0.15, 0.2) is 5.18 Å². The van der Waals surface area contributed by atoms with Gasteiger partial charge in [0.15, 0.2) is 6.04 Å². The maximum Gasteiger partial charge on any atom is 0.332 e. The molecular formula is C7H12BrNO3. The summed E-state index contributed by atoms with van der Waals surface area (Å²) in [4.78, 5) is 20.3. The van der Waals surface area contributed by atoms with Crippen molar-refractivity contribution in [1.29, 1.82) is 0 Å². The first-order chi connectivity index (χ1) is 5.72. The second-order valence-corrected chi connectivity index (χ2v) is 3.29. The summed E-state index contributed by atoms with van der Waals surface area (Å²) in [5.74, 6) is -1.12. The molecule has 0 saturated heterocycles. The van der Waals surface area contributed by atoms with Crippen LogP contribution in [0.4, 0.5) is 0 Å². The van der Waals surface area contributed by atoms with E-state index in [1.165, 1.54) is 0 Å². The zero-order valence-corrected chi connectivity index (χ0v) is 8.29. The summed E-state index contributed by atoms with van der Waals surface area (Å²) >= 11 is 3.26. The van der Waals surface area contributed by atoms with Gasteiger partial charge in [-0.05, 0) is 12.8 Å². The SMILES string of the molecule is O=NC(CCCCCBr)C(=O)O. The van der Waals surface area contributed by atoms with Crippen LogP contribution in [0.5, 0.6) is 0 Å². The van der Waals surface area contributed by atoms with Gasteiger partial charge in [-0.3, -0.25) is 0 Å². The van der Waals surface area contributed by atoms with Crippen LogP contribution in [0.2, 0.25) is 0 Å². The Morgan fingerprint density at radius 2 is 2.08 bits per heavy atom. The normalized spacial score (nSPS) is 12.4. The quantitative estimate of drug-likeness (QED) is 0.419. The number of alkyl halides is 1. The lowest BCUT2D eigenvalue weighted by molar-refractivity contribution is -0.138. The van der Waals surface area contributed by atoms with E-state index in [9.17, 15) is 9.70 Å². The number of rotatable bonds is 7. The Kier molecular flexibility index (Phi) is 6.94. The van der Waals surface area contributed by atoms with E-state index >= 15 is 0 Å². The number of carboxylic acids is 1. The molecule has 1 atom stereocenters. The molecule has 12 heavy (non-hydrogen) atoms. The number of nitrogens with zero attached hydrogens (tertiary/aromatic N) is 1. The average molecular weight is 238 g/mol. The minimum Gasteiger partial charge on any atom is -0.480 e. The zero-order valence-electron chi connectivity index (χ0n) is 6.70. The summed E-state index contributed by atoms with van der Waals surface area (Å²) in [6.07, 6.45) is 3.04. The zero-order chi connectivity index (χ0) is 9.40. The molecule has 0 bridgehead atoms. The molecule has 0 heterocycles. The molecule has 0 rings (SSSR count). The summed E-state index contributed by atoms with van der Waals surface area (Å²) in [7, 11) is 0. The summed E-state index contributed by atoms with van der Waals surface area (Å²) in [6, 6.07) is -1.06. The molecule has 0 aromatic rings. The molecule has 0 saturated carbocycles. The fourth-order valence-electron chi connectivity index (χ4n) is 0.830. The molecule has 0 aliphatic rings. The number of unbranched alkanes of at least 4 members (excludes halogenated alkanes) is 2. The summed E-state index contributed by atoms with van der Waals surface area (Å²) in [6.45, 7) is 0. The van der Waals surface area contributed by atoms with Crippen LogP contribution in [-0.4, -0.2) is 22.4 Å². The number of hydrogen-bond donors (Lipinski definition) is 1. The van der Waals surface area contributed by atoms with E-state index in [-0.39, 0.29) is 0 Å². The van der Waals surface area contributed by atoms with Gasteiger partial charge in [0.25, 0.3) is 0 Å². The van der Waals surface area contributed by atoms with Gasteiger partial charge in [0.1, 0.15) is 0 Å². The largest absolute Gasteiger partial charge is 0.480 e. The maximum atomic E-state index is 10.3. The lowest BCUT2D eigenvalue weighted by atomic mass is 10.1. The van der Waals surface area contributed by atoms with E-state index in [1.54, 1.807) is 0 Å². The van der Waals surface area contributed by atoms with Gasteiger partial charge in [0.2, 0.25) is 0 Å². The van der Waals surface area contributed by atoms with Crippen molar-refractivity contribution in [3.8, 4) is 0 Å². The first kappa shape index (κ1) is 11.6. The molecule has 0 aliphatic carbocycles. The third-order valence-electron chi connectivity index (χ3n) is 1.52. The standard InChI is InChI=1S/C7H12BrNO3/c8-5-3-1-2-4-6(9-12)7(10)11/h6H,1-5H2,(H,10,11). The summed E-state index contributed by atoms with van der Waals surface area (Å²) < 4.78 is 0. The summed E-state index contributed by atoms with van der Waals surface area (Å²) in [5, 5.41) is 11.9. The topological polar surface area (TPSA) is 66.7 Å². The Morgan fingerprint density at radius 3 is 2.50 bits per heavy atom. The van der Waals surface area contributed by atoms with Gasteiger partial charge >= 0.3 is 5.97 Å². The molecular weight excluding hydrogens is 226 g/mol. The van der Waals surface area contributed by atoms with E-state index in [1.807, 2.05) is 0 Å². The van der Waals surface area contributed by atoms with Crippen molar-refractivity contribution in [2.24, 2.45) is 5.18 Å². The molecule has 0 radical (unpaired) electrons. The van der Waals surface area contributed by atoms with Gasteiger partial charge in [-0.2, -0.15) is 0 Å². The smallest absolute Gasteiger partial charge is 0.332 e. The van der Waals surface area contributed by atoms with Crippen LogP contribution in [0.1, 0.15) is 25.7 Å². The Hall–Kier alpha value is -0.450. The first-order valence-electron chi connectivity index (χ1n) is 3.83. The van der Waals surface area contributed by atoms with Crippen molar-refractivity contribution in [2.45, 2.75) is 31.7 Å². The number of halogens is 1. The fraction of sp³-hybridized carbons (Fsp3) is 0.857. The molecule has 4 nitrogen and oxygen atoms in total. The predicted molar refractivity (Wildman–Crippen MR) is 49.5 cm³/mol. The number of nitroso groups, excluding NO2 is 1. The number of aliphatic carboxylic acids is 1. The van der Waals surface area contributed by atoms with Crippen molar-refractivity contribution in [2.75, 3.05) is 5.33 Å². The average Bonchev–Trinajstić information content (AvgIpc) is 2.04. The van der Waals surface area contributed by atoms with Gasteiger partial charge in [-0.15, -0.1) is 4.91 Å². The van der Waals surface area contributed by atoms with Gasteiger partial charge in [-0.1, -0.05) is 33.9 Å². The predicted octanol–water partition coefficient (Wildman–Crippen LogP) is 2.16. The third kappa shape index (κ3) is 5.23. The van der Waals surface area contributed by atoms with Crippen molar-refractivity contribution in [3.63, 3.8) is 0 Å². The highest BCUT2D eigenvalue weighted by atomic mass is 79.9. The van der Waals surface area contributed by atoms with E-state index < -0.39 is 12.0 Å². The van der Waals surface area contributed by atoms with E-state index in [2.05, 4.69) is 21.1 Å². The van der Waals surface area contributed by atoms with Crippen LogP contribution >= 0.6 is 15.9 Å². The summed E-state index contributed by atoms with van der Waals surface area (Å²) in [5.41, 5.74) is 0. The van der Waals surface area contributed by atoms with Crippen LogP contribution in [0.25, 0.3) is 0 Å². The minimum absolute atomic E-state index is 0.353. The van der Waals surface area contributed by atoms with Gasteiger partial charge in [0, 0.05) is 5.33 Å². The third-order valence-corrected chi connectivity index (χ3v) is 2.08. The molecule has 0 aromatic heterocycles. The molecule has 5 heteroatoms. The van der Waals surface area contributed by atoms with Crippen LogP contribution < -0.4 is 0 Å². The van der Waals surface area contributed by atoms with Crippen molar-refractivity contribution in [3.05, 3.63) is 4.91 Å². The highest BCUT2D eigenvalue weighted by Gasteiger charge is 2.16. The minimum atomic E-state index is -1.12.